The molecule has 0 radical (unpaired) electrons. The van der Waals surface area contributed by atoms with Gasteiger partial charge in [0.2, 0.25) is 0 Å². The summed E-state index contributed by atoms with van der Waals surface area (Å²) >= 11 is 0. The van der Waals surface area contributed by atoms with Gasteiger partial charge in [0.05, 0.1) is 0 Å². The zero-order valence-corrected chi connectivity index (χ0v) is 13.0. The van der Waals surface area contributed by atoms with Crippen LogP contribution in [0.25, 0.3) is 5.65 Å². The molecule has 0 aliphatic heterocycles. The van der Waals surface area contributed by atoms with Gasteiger partial charge in [0.25, 0.3) is 0 Å². The van der Waals surface area contributed by atoms with Gasteiger partial charge in [-0.15, -0.1) is 14.8 Å². The number of aliphatic hydroxyl groups excluding tert-OH is 1. The second-order valence-corrected chi connectivity index (χ2v) is 5.31. The summed E-state index contributed by atoms with van der Waals surface area (Å²) in [5.74, 6) is 1.40. The van der Waals surface area contributed by atoms with Crippen molar-refractivity contribution in [2.45, 2.75) is 20.0 Å². The SMILES string of the molecule is Cc1cccc(C)c1OC[C@@H](O)CNc1ccc2nnnn2n1. The van der Waals surface area contributed by atoms with E-state index >= 15 is 0 Å². The molecule has 0 fully saturated rings. The zero-order chi connectivity index (χ0) is 16.2. The average molecular weight is 314 g/mol. The number of rotatable bonds is 6. The number of hydrogen-bond acceptors (Lipinski definition) is 7. The summed E-state index contributed by atoms with van der Waals surface area (Å²) in [6.45, 7) is 4.48. The van der Waals surface area contributed by atoms with Crippen LogP contribution in [0.4, 0.5) is 5.82 Å². The summed E-state index contributed by atoms with van der Waals surface area (Å²) < 4.78 is 7.05. The van der Waals surface area contributed by atoms with E-state index in [1.54, 1.807) is 12.1 Å². The fourth-order valence-corrected chi connectivity index (χ4v) is 2.23. The molecule has 0 saturated carbocycles. The minimum atomic E-state index is -0.666. The van der Waals surface area contributed by atoms with Gasteiger partial charge in [0, 0.05) is 6.54 Å². The molecule has 1 atom stereocenters. The molecule has 2 N–H and O–H groups in total. The first-order valence-corrected chi connectivity index (χ1v) is 7.30. The number of tetrazole rings is 1. The Morgan fingerprint density at radius 1 is 1.22 bits per heavy atom. The quantitative estimate of drug-likeness (QED) is 0.700. The van der Waals surface area contributed by atoms with Crippen molar-refractivity contribution in [2.75, 3.05) is 18.5 Å². The highest BCUT2D eigenvalue weighted by Crippen LogP contribution is 2.22. The maximum Gasteiger partial charge on any atom is 0.200 e. The Bertz CT molecular complexity index is 783. The largest absolute Gasteiger partial charge is 0.490 e. The van der Waals surface area contributed by atoms with Crippen molar-refractivity contribution in [2.24, 2.45) is 0 Å². The summed E-state index contributed by atoms with van der Waals surface area (Å²) in [6.07, 6.45) is -0.666. The van der Waals surface area contributed by atoms with E-state index < -0.39 is 6.10 Å². The Kier molecular flexibility index (Phi) is 4.33. The molecule has 0 saturated heterocycles. The van der Waals surface area contributed by atoms with Gasteiger partial charge in [0.15, 0.2) is 5.65 Å². The molecule has 3 aromatic rings. The van der Waals surface area contributed by atoms with Crippen molar-refractivity contribution < 1.29 is 9.84 Å². The molecular weight excluding hydrogens is 296 g/mol. The number of nitrogens with one attached hydrogen (secondary N) is 1. The monoisotopic (exact) mass is 314 g/mol. The normalized spacial score (nSPS) is 12.3. The van der Waals surface area contributed by atoms with Crippen LogP contribution in [0.3, 0.4) is 0 Å². The maximum atomic E-state index is 10.1. The lowest BCUT2D eigenvalue weighted by atomic mass is 10.1. The highest BCUT2D eigenvalue weighted by molar-refractivity contribution is 5.42. The molecular formula is C15H18N6O2. The van der Waals surface area contributed by atoms with Crippen molar-refractivity contribution >= 4 is 11.5 Å². The van der Waals surface area contributed by atoms with Crippen LogP contribution in [0, 0.1) is 13.8 Å². The maximum absolute atomic E-state index is 10.1. The zero-order valence-electron chi connectivity index (χ0n) is 13.0. The number of anilines is 1. The smallest absolute Gasteiger partial charge is 0.200 e. The molecule has 2 aromatic heterocycles. The first-order valence-electron chi connectivity index (χ1n) is 7.30. The van der Waals surface area contributed by atoms with Gasteiger partial charge in [-0.25, -0.2) is 0 Å². The van der Waals surface area contributed by atoms with Gasteiger partial charge < -0.3 is 15.2 Å². The second-order valence-electron chi connectivity index (χ2n) is 5.31. The van der Waals surface area contributed by atoms with Crippen molar-refractivity contribution in [3.05, 3.63) is 41.5 Å². The summed E-state index contributed by atoms with van der Waals surface area (Å²) in [4.78, 5) is 0. The molecule has 8 nitrogen and oxygen atoms in total. The second kappa shape index (κ2) is 6.57. The summed E-state index contributed by atoms with van der Waals surface area (Å²) in [7, 11) is 0. The van der Waals surface area contributed by atoms with E-state index in [9.17, 15) is 5.11 Å². The third-order valence-electron chi connectivity index (χ3n) is 3.42. The van der Waals surface area contributed by atoms with E-state index in [4.69, 9.17) is 4.74 Å². The topological polar surface area (TPSA) is 97.5 Å². The lowest BCUT2D eigenvalue weighted by Gasteiger charge is -2.16. The Labute approximate surface area is 133 Å². The van der Waals surface area contributed by atoms with Crippen LogP contribution in [0.1, 0.15) is 11.1 Å². The van der Waals surface area contributed by atoms with E-state index in [0.29, 0.717) is 18.0 Å². The number of aryl methyl sites for hydroxylation is 2. The number of hydrogen-bond donors (Lipinski definition) is 2. The molecule has 0 amide bonds. The summed E-state index contributed by atoms with van der Waals surface area (Å²) in [6, 6.07) is 9.45. The Balaban J connectivity index is 1.54. The molecule has 0 spiro atoms. The van der Waals surface area contributed by atoms with Crippen LogP contribution in [-0.2, 0) is 0 Å². The van der Waals surface area contributed by atoms with Gasteiger partial charge in [0.1, 0.15) is 24.3 Å². The standard InChI is InChI=1S/C15H18N6O2/c1-10-4-3-5-11(2)15(10)23-9-12(22)8-16-13-6-7-14-17-19-20-21(14)18-13/h3-7,12,22H,8-9H2,1-2H3,(H,16,18)/t12-/m0/s1. The molecule has 8 heteroatoms. The van der Waals surface area contributed by atoms with E-state index in [2.05, 4.69) is 25.9 Å². The Morgan fingerprint density at radius 3 is 2.78 bits per heavy atom. The fourth-order valence-electron chi connectivity index (χ4n) is 2.23. The van der Waals surface area contributed by atoms with E-state index in [-0.39, 0.29) is 6.61 Å². The van der Waals surface area contributed by atoms with Crippen molar-refractivity contribution in [1.29, 1.82) is 0 Å². The molecule has 0 unspecified atom stereocenters. The predicted molar refractivity (Wildman–Crippen MR) is 84.5 cm³/mol. The van der Waals surface area contributed by atoms with E-state index in [1.807, 2.05) is 32.0 Å². The van der Waals surface area contributed by atoms with Crippen LogP contribution in [-0.4, -0.2) is 49.6 Å². The Morgan fingerprint density at radius 2 is 2.00 bits per heavy atom. The molecule has 2 heterocycles. The van der Waals surface area contributed by atoms with Gasteiger partial charge in [-0.1, -0.05) is 18.2 Å². The first kappa shape index (κ1) is 15.2. The average Bonchev–Trinajstić information content (AvgIpc) is 3.00. The number of nitrogens with zero attached hydrogens (tertiary/aromatic N) is 5. The number of ether oxygens (including phenoxy) is 1. The predicted octanol–water partition coefficient (Wildman–Crippen LogP) is 0.988. The lowest BCUT2D eigenvalue weighted by molar-refractivity contribution is 0.116. The third kappa shape index (κ3) is 3.54. The first-order chi connectivity index (χ1) is 11.1. The molecule has 3 rings (SSSR count). The van der Waals surface area contributed by atoms with Crippen LogP contribution >= 0.6 is 0 Å². The minimum Gasteiger partial charge on any atom is -0.490 e. The summed E-state index contributed by atoms with van der Waals surface area (Å²) in [5.41, 5.74) is 2.67. The van der Waals surface area contributed by atoms with Crippen LogP contribution < -0.4 is 10.1 Å². The Hall–Kier alpha value is -2.74. The minimum absolute atomic E-state index is 0.200. The third-order valence-corrected chi connectivity index (χ3v) is 3.42. The van der Waals surface area contributed by atoms with Crippen molar-refractivity contribution in [1.82, 2.24) is 25.3 Å². The number of aliphatic hydroxyl groups is 1. The van der Waals surface area contributed by atoms with Gasteiger partial charge in [-0.3, -0.25) is 0 Å². The van der Waals surface area contributed by atoms with E-state index in [1.165, 1.54) is 4.63 Å². The number of benzene rings is 1. The van der Waals surface area contributed by atoms with Gasteiger partial charge in [-0.05, 0) is 47.5 Å². The van der Waals surface area contributed by atoms with Crippen molar-refractivity contribution in [3.8, 4) is 5.75 Å². The molecule has 120 valence electrons. The number of para-hydroxylation sites is 1. The van der Waals surface area contributed by atoms with E-state index in [0.717, 1.165) is 16.9 Å². The molecule has 0 aliphatic carbocycles. The number of fused-ring (bicyclic) bond motifs is 1. The number of aromatic nitrogens is 5. The summed E-state index contributed by atoms with van der Waals surface area (Å²) in [5, 5.41) is 28.3. The molecule has 0 bridgehead atoms. The fraction of sp³-hybridized carbons (Fsp3) is 0.333. The van der Waals surface area contributed by atoms with Crippen LogP contribution in [0.5, 0.6) is 5.75 Å². The highest BCUT2D eigenvalue weighted by Gasteiger charge is 2.09. The van der Waals surface area contributed by atoms with Crippen LogP contribution in [0.15, 0.2) is 30.3 Å². The van der Waals surface area contributed by atoms with Gasteiger partial charge in [-0.2, -0.15) is 0 Å². The highest BCUT2D eigenvalue weighted by atomic mass is 16.5. The molecule has 23 heavy (non-hydrogen) atoms. The lowest BCUT2D eigenvalue weighted by Crippen LogP contribution is -2.27. The molecule has 0 aliphatic rings. The van der Waals surface area contributed by atoms with Gasteiger partial charge >= 0.3 is 0 Å². The molecule has 1 aromatic carbocycles. The van der Waals surface area contributed by atoms with Crippen LogP contribution in [0.2, 0.25) is 0 Å². The van der Waals surface area contributed by atoms with Crippen molar-refractivity contribution in [3.63, 3.8) is 0 Å².